The average molecular weight is 712 g/mol. The highest BCUT2D eigenvalue weighted by Crippen LogP contribution is 2.44. The molecule has 0 saturated carbocycles. The summed E-state index contributed by atoms with van der Waals surface area (Å²) in [7, 11) is 0. The minimum Gasteiger partial charge on any atom is -0.344 e. The molecule has 55 heavy (non-hydrogen) atoms. The average Bonchev–Trinajstić information content (AvgIpc) is 3.73. The highest BCUT2D eigenvalue weighted by atomic mass is 15.2. The van der Waals surface area contributed by atoms with Crippen LogP contribution in [0, 0.1) is 5.92 Å². The molecule has 5 nitrogen and oxygen atoms in total. The van der Waals surface area contributed by atoms with Crippen LogP contribution in [0.1, 0.15) is 53.0 Å². The fourth-order valence-corrected chi connectivity index (χ4v) is 8.58. The van der Waals surface area contributed by atoms with Crippen molar-refractivity contribution in [1.29, 1.82) is 0 Å². The molecule has 4 aromatic carbocycles. The number of aromatic nitrogens is 2. The summed E-state index contributed by atoms with van der Waals surface area (Å²) in [6, 6.07) is 42.1. The van der Waals surface area contributed by atoms with E-state index in [1.807, 2.05) is 36.4 Å². The van der Waals surface area contributed by atoms with Crippen molar-refractivity contribution in [2.45, 2.75) is 37.8 Å². The maximum Gasteiger partial charge on any atom is 0.159 e. The molecule has 0 spiro atoms. The Morgan fingerprint density at radius 3 is 1.91 bits per heavy atom. The number of hydrogen-bond donors (Lipinski definition) is 1. The molecule has 0 fully saturated rings. The quantitative estimate of drug-likeness (QED) is 0.179. The van der Waals surface area contributed by atoms with Crippen molar-refractivity contribution < 1.29 is 0 Å². The molecule has 0 amide bonds. The van der Waals surface area contributed by atoms with Crippen molar-refractivity contribution in [2.75, 3.05) is 0 Å². The number of fused-ring (bicyclic) bond motifs is 3. The molecule has 3 heterocycles. The summed E-state index contributed by atoms with van der Waals surface area (Å²) < 4.78 is 2.24. The Hall–Kier alpha value is -6.59. The van der Waals surface area contributed by atoms with Gasteiger partial charge >= 0.3 is 0 Å². The Balaban J connectivity index is 0.950. The number of allylic oxidation sites excluding steroid dienone is 7. The number of nitrogens with zero attached hydrogens (tertiary/aromatic N) is 4. The zero-order chi connectivity index (χ0) is 36.6. The van der Waals surface area contributed by atoms with Crippen LogP contribution in [0.3, 0.4) is 0 Å². The van der Waals surface area contributed by atoms with Gasteiger partial charge in [0.1, 0.15) is 12.0 Å². The van der Waals surface area contributed by atoms with Gasteiger partial charge < -0.3 is 5.32 Å². The van der Waals surface area contributed by atoms with Crippen LogP contribution in [0.4, 0.5) is 0 Å². The molecule has 10 rings (SSSR count). The van der Waals surface area contributed by atoms with Crippen LogP contribution in [0.25, 0.3) is 34.0 Å². The standard InChI is InChI=1S/C50H41N5/c1-5-15-36(16-6-1)44-33-51-55-46(38-17-7-2-8-18-38)45(42-23-13-14-24-43(42)47(44)55)37-29-25-34(26-30-37)35-27-31-41(32-28-35)50-53-48(39-19-9-3-10-20-39)52-49(54-50)40-21-11-4-12-22-40/h1-13,15-23,25-27,29,31-33,35,37,50H,14,24,28,30H2,(H,52,53,54). The lowest BCUT2D eigenvalue weighted by Crippen LogP contribution is -2.40. The number of nitrogens with one attached hydrogen (secondary N) is 1. The lowest BCUT2D eigenvalue weighted by Gasteiger charge is -2.29. The van der Waals surface area contributed by atoms with E-state index in [4.69, 9.17) is 15.1 Å². The van der Waals surface area contributed by atoms with E-state index in [0.29, 0.717) is 5.92 Å². The Morgan fingerprint density at radius 1 is 0.618 bits per heavy atom. The summed E-state index contributed by atoms with van der Waals surface area (Å²) in [5.74, 6) is 2.14. The molecule has 4 aliphatic rings. The highest BCUT2D eigenvalue weighted by molar-refractivity contribution is 6.13. The number of pyridine rings is 1. The molecular formula is C50H41N5. The Labute approximate surface area is 322 Å². The molecule has 3 aliphatic carbocycles. The molecule has 2 aromatic heterocycles. The highest BCUT2D eigenvalue weighted by Gasteiger charge is 2.29. The maximum atomic E-state index is 5.13. The molecular weight excluding hydrogens is 671 g/mol. The monoisotopic (exact) mass is 711 g/mol. The maximum absolute atomic E-state index is 5.13. The van der Waals surface area contributed by atoms with E-state index in [1.165, 1.54) is 55.7 Å². The molecule has 0 radical (unpaired) electrons. The lowest BCUT2D eigenvalue weighted by atomic mass is 9.78. The Morgan fingerprint density at radius 2 is 1.24 bits per heavy atom. The third-order valence-corrected chi connectivity index (χ3v) is 11.3. The van der Waals surface area contributed by atoms with Crippen LogP contribution < -0.4 is 5.32 Å². The molecule has 0 bridgehead atoms. The van der Waals surface area contributed by atoms with Gasteiger partial charge in [0.05, 0.1) is 17.4 Å². The fourth-order valence-electron chi connectivity index (χ4n) is 8.58. The van der Waals surface area contributed by atoms with E-state index in [0.717, 1.165) is 48.5 Å². The van der Waals surface area contributed by atoms with E-state index in [9.17, 15) is 0 Å². The molecule has 1 aliphatic heterocycles. The summed E-state index contributed by atoms with van der Waals surface area (Å²) >= 11 is 0. The van der Waals surface area contributed by atoms with Gasteiger partial charge in [-0.1, -0.05) is 170 Å². The predicted molar refractivity (Wildman–Crippen MR) is 226 cm³/mol. The van der Waals surface area contributed by atoms with E-state index in [2.05, 4.69) is 150 Å². The van der Waals surface area contributed by atoms with Crippen LogP contribution >= 0.6 is 0 Å². The van der Waals surface area contributed by atoms with Crippen molar-refractivity contribution in [3.63, 3.8) is 0 Å². The summed E-state index contributed by atoms with van der Waals surface area (Å²) in [5.41, 5.74) is 14.8. The number of aliphatic imine (C=N–C) groups is 2. The van der Waals surface area contributed by atoms with Crippen molar-refractivity contribution in [3.8, 4) is 22.4 Å². The minimum absolute atomic E-state index is 0.212. The first kappa shape index (κ1) is 33.0. The molecule has 266 valence electrons. The number of benzene rings is 4. The van der Waals surface area contributed by atoms with Gasteiger partial charge in [-0.3, -0.25) is 0 Å². The van der Waals surface area contributed by atoms with Gasteiger partial charge in [0.15, 0.2) is 5.84 Å². The first-order valence-corrected chi connectivity index (χ1v) is 19.4. The smallest absolute Gasteiger partial charge is 0.159 e. The van der Waals surface area contributed by atoms with Crippen molar-refractivity contribution in [2.24, 2.45) is 15.9 Å². The van der Waals surface area contributed by atoms with Crippen molar-refractivity contribution in [1.82, 2.24) is 14.9 Å². The molecule has 3 unspecified atom stereocenters. The second-order valence-electron chi connectivity index (χ2n) is 14.6. The van der Waals surface area contributed by atoms with Crippen molar-refractivity contribution >= 4 is 23.3 Å². The van der Waals surface area contributed by atoms with Gasteiger partial charge in [-0.05, 0) is 59.1 Å². The number of hydrogen-bond acceptors (Lipinski definition) is 4. The lowest BCUT2D eigenvalue weighted by molar-refractivity contribution is 0.693. The molecule has 5 heteroatoms. The first-order valence-electron chi connectivity index (χ1n) is 19.4. The number of rotatable bonds is 7. The van der Waals surface area contributed by atoms with Crippen LogP contribution in [-0.2, 0) is 6.42 Å². The van der Waals surface area contributed by atoms with E-state index in [-0.39, 0.29) is 12.1 Å². The predicted octanol–water partition coefficient (Wildman–Crippen LogP) is 10.9. The molecule has 1 N–H and O–H groups in total. The molecule has 6 aromatic rings. The number of aryl methyl sites for hydroxylation is 1. The third kappa shape index (κ3) is 6.22. The summed E-state index contributed by atoms with van der Waals surface area (Å²) in [4.78, 5) is 10.0. The summed E-state index contributed by atoms with van der Waals surface area (Å²) in [6.07, 6.45) is 24.8. The van der Waals surface area contributed by atoms with Crippen LogP contribution in [0.2, 0.25) is 0 Å². The van der Waals surface area contributed by atoms with Gasteiger partial charge in [-0.25, -0.2) is 14.5 Å². The zero-order valence-corrected chi connectivity index (χ0v) is 30.6. The Kier molecular flexibility index (Phi) is 8.60. The first-order chi connectivity index (χ1) is 27.3. The van der Waals surface area contributed by atoms with Crippen LogP contribution in [0.5, 0.6) is 0 Å². The van der Waals surface area contributed by atoms with Gasteiger partial charge in [-0.2, -0.15) is 5.10 Å². The van der Waals surface area contributed by atoms with E-state index < -0.39 is 0 Å². The normalized spacial score (nSPS) is 20.3. The zero-order valence-electron chi connectivity index (χ0n) is 30.6. The SMILES string of the molecule is C1=Cc2c(C3C=CC(C4C=CC(C5N=C(c6ccccc6)N=C(c6ccccc6)N5)=CC4)=CC3)c(-c3ccccc3)n3ncc(-c4ccccc4)c3c2CC1. The van der Waals surface area contributed by atoms with Gasteiger partial charge in [0.25, 0.3) is 0 Å². The summed E-state index contributed by atoms with van der Waals surface area (Å²) in [6.45, 7) is 0. The number of amidine groups is 2. The third-order valence-electron chi connectivity index (χ3n) is 11.3. The fraction of sp³-hybridized carbons (Fsp3) is 0.140. The van der Waals surface area contributed by atoms with Gasteiger partial charge in [-0.15, -0.1) is 0 Å². The van der Waals surface area contributed by atoms with Gasteiger partial charge in [0.2, 0.25) is 0 Å². The van der Waals surface area contributed by atoms with Crippen LogP contribution in [-0.4, -0.2) is 27.5 Å². The van der Waals surface area contributed by atoms with E-state index >= 15 is 0 Å². The molecule has 3 atom stereocenters. The second-order valence-corrected chi connectivity index (χ2v) is 14.6. The molecule has 0 saturated heterocycles. The van der Waals surface area contributed by atoms with Crippen molar-refractivity contribution in [3.05, 3.63) is 209 Å². The van der Waals surface area contributed by atoms with E-state index in [1.54, 1.807) is 0 Å². The minimum atomic E-state index is -0.212. The van der Waals surface area contributed by atoms with Gasteiger partial charge in [0, 0.05) is 34.1 Å². The second kappa shape index (κ2) is 14.3. The topological polar surface area (TPSA) is 54.0 Å². The Bertz CT molecular complexity index is 2600. The summed E-state index contributed by atoms with van der Waals surface area (Å²) in [5, 5.41) is 8.75. The largest absolute Gasteiger partial charge is 0.344 e. The van der Waals surface area contributed by atoms with Crippen LogP contribution in [0.15, 0.2) is 191 Å².